The molecule has 10 heteroatoms. The first-order valence-electron chi connectivity index (χ1n) is 4.38. The Bertz CT molecular complexity index is 286. The van der Waals surface area contributed by atoms with Crippen molar-refractivity contribution in [1.29, 1.82) is 0 Å². The third kappa shape index (κ3) is 18.9. The van der Waals surface area contributed by atoms with E-state index >= 15 is 0 Å². The van der Waals surface area contributed by atoms with Crippen LogP contribution in [-0.2, 0) is 13.1 Å². The fourth-order valence-electron chi connectivity index (χ4n) is 0.953. The van der Waals surface area contributed by atoms with Crippen molar-refractivity contribution in [3.63, 3.8) is 0 Å². The van der Waals surface area contributed by atoms with Crippen LogP contribution in [0.3, 0.4) is 0 Å². The molecule has 0 radical (unpaired) electrons. The molecule has 1 heterocycles. The highest BCUT2D eigenvalue weighted by atomic mass is 19.0. The Hall–Kier alpha value is -1.65. The number of halogens is 4. The van der Waals surface area contributed by atoms with Crippen molar-refractivity contribution in [3.05, 3.63) is 44.0 Å². The highest BCUT2D eigenvalue weighted by Crippen LogP contribution is 1.84. The van der Waals surface area contributed by atoms with Crippen LogP contribution in [0.2, 0.25) is 0 Å². The van der Waals surface area contributed by atoms with Gasteiger partial charge < -0.3 is 15.1 Å². The molecule has 19 heavy (non-hydrogen) atoms. The third-order valence-corrected chi connectivity index (χ3v) is 1.43. The summed E-state index contributed by atoms with van der Waals surface area (Å²) in [7, 11) is -2.42. The van der Waals surface area contributed by atoms with Crippen LogP contribution in [-0.4, -0.2) is 21.9 Å². The summed E-state index contributed by atoms with van der Waals surface area (Å²) in [6.45, 7) is 9.05. The molecule has 1 aromatic rings. The van der Waals surface area contributed by atoms with Gasteiger partial charge in [-0.15, -0.1) is 0 Å². The molecule has 0 spiro atoms. The molecule has 0 saturated carbocycles. The molecule has 2 N–H and O–H groups in total. The van der Waals surface area contributed by atoms with Gasteiger partial charge in [-0.25, -0.2) is 9.13 Å². The lowest BCUT2D eigenvalue weighted by atomic mass is 10.3. The highest BCUT2D eigenvalue weighted by Gasteiger charge is 1.97. The van der Waals surface area contributed by atoms with E-state index in [0.717, 1.165) is 13.1 Å². The van der Waals surface area contributed by atoms with E-state index < -0.39 is 7.32 Å². The first-order valence-corrected chi connectivity index (χ1v) is 4.38. The van der Waals surface area contributed by atoms with Gasteiger partial charge >= 0.3 is 7.32 Å². The molecular weight excluding hydrogens is 271 g/mol. The molecule has 1 rings (SSSR count). The molecule has 0 atom stereocenters. The van der Waals surface area contributed by atoms with Crippen LogP contribution < -0.4 is 9.59 Å². The maximum absolute atomic E-state index is 8.64. The number of aromatic nitrogens is 2. The number of allylic oxidation sites excluding steroid dienone is 2. The summed E-state index contributed by atoms with van der Waals surface area (Å²) in [4.78, 5) is 0. The molecule has 0 aliphatic rings. The van der Waals surface area contributed by atoms with Crippen molar-refractivity contribution < 1.29 is 38.5 Å². The van der Waals surface area contributed by atoms with E-state index in [0.29, 0.717) is 0 Å². The second kappa shape index (κ2) is 18.7. The van der Waals surface area contributed by atoms with Crippen LogP contribution >= 0.6 is 0 Å². The lowest BCUT2D eigenvalue weighted by Crippen LogP contribution is -2.29. The standard InChI is InChI=1S/C9H13N2.BH2O3.4FH/c1-3-5-10-7-8-11(9-10)6-4-2;2-1(3)4;;;;/h3-4,7-9H,1-2,5-6H2;2-3H;4*1H/q+1;-1;;;;. The van der Waals surface area contributed by atoms with Crippen LogP contribution in [0.4, 0.5) is 18.8 Å². The SMILES string of the molecule is C=CCn1cc[n+](CC=C)c1.F.F.F.F.[O-]B(O)O. The Morgan fingerprint density at radius 1 is 1.16 bits per heavy atom. The maximum Gasteiger partial charge on any atom is 0.339 e. The Morgan fingerprint density at radius 2 is 1.63 bits per heavy atom. The van der Waals surface area contributed by atoms with Crippen molar-refractivity contribution >= 4 is 7.32 Å². The van der Waals surface area contributed by atoms with Crippen LogP contribution in [0.25, 0.3) is 0 Å². The van der Waals surface area contributed by atoms with Gasteiger partial charge in [0.2, 0.25) is 6.33 Å². The Kier molecular flexibility index (Phi) is 30.0. The summed E-state index contributed by atoms with van der Waals surface area (Å²) in [5.41, 5.74) is 0. The quantitative estimate of drug-likeness (QED) is 0.326. The van der Waals surface area contributed by atoms with E-state index in [2.05, 4.69) is 22.3 Å². The number of hydrogen-bond donors (Lipinski definition) is 2. The lowest BCUT2D eigenvalue weighted by molar-refractivity contribution is -0.686. The monoisotopic (exact) mass is 290 g/mol. The van der Waals surface area contributed by atoms with E-state index in [9.17, 15) is 0 Å². The molecular formula is C9H19BF4N2O3. The largest absolute Gasteiger partial charge is 0.832 e. The molecule has 0 aliphatic heterocycles. The lowest BCUT2D eigenvalue weighted by Gasteiger charge is -1.92. The molecule has 0 saturated heterocycles. The molecule has 114 valence electrons. The highest BCUT2D eigenvalue weighted by molar-refractivity contribution is 6.28. The minimum Gasteiger partial charge on any atom is -0.832 e. The zero-order chi connectivity index (χ0) is 11.7. The summed E-state index contributed by atoms with van der Waals surface area (Å²) in [6, 6.07) is 0. The van der Waals surface area contributed by atoms with Crippen molar-refractivity contribution in [1.82, 2.24) is 4.57 Å². The number of imidazole rings is 1. The second-order valence-electron chi connectivity index (χ2n) is 2.71. The van der Waals surface area contributed by atoms with Crippen molar-refractivity contribution in [3.8, 4) is 0 Å². The second-order valence-corrected chi connectivity index (χ2v) is 2.71. The molecule has 0 amide bonds. The van der Waals surface area contributed by atoms with Crippen LogP contribution in [0.1, 0.15) is 0 Å². The topological polar surface area (TPSA) is 72.3 Å². The van der Waals surface area contributed by atoms with E-state index in [1.807, 2.05) is 30.9 Å². The molecule has 0 unspecified atom stereocenters. The van der Waals surface area contributed by atoms with Gasteiger partial charge in [-0.3, -0.25) is 18.8 Å². The minimum absolute atomic E-state index is 0. The summed E-state index contributed by atoms with van der Waals surface area (Å²) in [6.07, 6.45) is 9.82. The van der Waals surface area contributed by atoms with Gasteiger partial charge in [-0.05, 0) is 0 Å². The smallest absolute Gasteiger partial charge is 0.339 e. The predicted molar refractivity (Wildman–Crippen MR) is 65.2 cm³/mol. The Balaban J connectivity index is -0.0000000735. The van der Waals surface area contributed by atoms with Gasteiger partial charge in [0, 0.05) is 0 Å². The van der Waals surface area contributed by atoms with Crippen LogP contribution in [0.5, 0.6) is 0 Å². The fraction of sp³-hybridized carbons (Fsp3) is 0.222. The van der Waals surface area contributed by atoms with Gasteiger partial charge in [0.25, 0.3) is 0 Å². The molecule has 0 aromatic carbocycles. The molecule has 1 aromatic heterocycles. The minimum atomic E-state index is -2.42. The zero-order valence-electron chi connectivity index (χ0n) is 10.1. The van der Waals surface area contributed by atoms with E-state index in [1.165, 1.54) is 0 Å². The van der Waals surface area contributed by atoms with Crippen LogP contribution in [0.15, 0.2) is 44.0 Å². The van der Waals surface area contributed by atoms with Gasteiger partial charge in [-0.1, -0.05) is 25.3 Å². The van der Waals surface area contributed by atoms with Crippen molar-refractivity contribution in [2.45, 2.75) is 13.1 Å². The summed E-state index contributed by atoms with van der Waals surface area (Å²) in [5.74, 6) is 0. The van der Waals surface area contributed by atoms with Gasteiger partial charge in [-0.2, -0.15) is 0 Å². The molecule has 0 bridgehead atoms. The molecule has 0 fully saturated rings. The van der Waals surface area contributed by atoms with E-state index in [4.69, 9.17) is 15.1 Å². The average molecular weight is 290 g/mol. The van der Waals surface area contributed by atoms with Gasteiger partial charge in [0.15, 0.2) is 0 Å². The Morgan fingerprint density at radius 3 is 2.00 bits per heavy atom. The first kappa shape index (κ1) is 30.4. The van der Waals surface area contributed by atoms with Crippen molar-refractivity contribution in [2.75, 3.05) is 0 Å². The number of hydrogen-bond acceptors (Lipinski definition) is 3. The summed E-state index contributed by atoms with van der Waals surface area (Å²) in [5, 5.41) is 22.8. The summed E-state index contributed by atoms with van der Waals surface area (Å²) >= 11 is 0. The molecule has 0 aliphatic carbocycles. The van der Waals surface area contributed by atoms with Gasteiger partial charge in [0.1, 0.15) is 25.5 Å². The maximum atomic E-state index is 8.64. The Labute approximate surface area is 108 Å². The van der Waals surface area contributed by atoms with Gasteiger partial charge in [0.05, 0.1) is 0 Å². The number of nitrogens with zero attached hydrogens (tertiary/aromatic N) is 2. The van der Waals surface area contributed by atoms with Crippen LogP contribution in [0, 0.1) is 0 Å². The first-order chi connectivity index (χ1) is 7.10. The average Bonchev–Trinajstić information content (AvgIpc) is 2.53. The van der Waals surface area contributed by atoms with Crippen molar-refractivity contribution in [2.24, 2.45) is 0 Å². The van der Waals surface area contributed by atoms with E-state index in [1.54, 1.807) is 0 Å². The summed E-state index contributed by atoms with van der Waals surface area (Å²) < 4.78 is 4.13. The molecule has 5 nitrogen and oxygen atoms in total. The fourth-order valence-corrected chi connectivity index (χ4v) is 0.953. The zero-order valence-corrected chi connectivity index (χ0v) is 10.1. The normalized spacial score (nSPS) is 6.89. The number of rotatable bonds is 4. The predicted octanol–water partition coefficient (Wildman–Crippen LogP) is -0.926. The van der Waals surface area contributed by atoms with E-state index in [-0.39, 0.29) is 18.8 Å². The third-order valence-electron chi connectivity index (χ3n) is 1.43.